The maximum Gasteiger partial charge on any atom is 0.102 e. The molecule has 0 saturated carbocycles. The van der Waals surface area contributed by atoms with Gasteiger partial charge in [-0.3, -0.25) is 9.98 Å². The Balaban J connectivity index is 1.36. The maximum absolute atomic E-state index is 7.17. The molecule has 2 heterocycles. The number of pyridine rings is 1. The highest BCUT2D eigenvalue weighted by Gasteiger charge is 2.32. The number of allylic oxidation sites excluding steroid dienone is 3. The SMILES string of the molecule is N=CCCCC[C@H]1C=CC(C2=CC3C=C(c4ccccc4)c4cccnc4C3N=C2)CC1. The highest BCUT2D eigenvalue weighted by atomic mass is 14.9. The molecule has 3 aliphatic rings. The summed E-state index contributed by atoms with van der Waals surface area (Å²) in [5.74, 6) is 1.41. The molecule has 0 saturated heterocycles. The second-order valence-corrected chi connectivity index (χ2v) is 9.17. The van der Waals surface area contributed by atoms with Gasteiger partial charge in [-0.2, -0.15) is 0 Å². The normalized spacial score (nSPS) is 26.0. The van der Waals surface area contributed by atoms with Crippen LogP contribution >= 0.6 is 0 Å². The van der Waals surface area contributed by atoms with E-state index in [0.717, 1.165) is 18.5 Å². The molecule has 0 bridgehead atoms. The zero-order chi connectivity index (χ0) is 21.8. The van der Waals surface area contributed by atoms with Gasteiger partial charge < -0.3 is 5.41 Å². The van der Waals surface area contributed by atoms with Crippen molar-refractivity contribution in [2.24, 2.45) is 22.7 Å². The molecule has 5 rings (SSSR count). The summed E-state index contributed by atoms with van der Waals surface area (Å²) in [6.07, 6.45) is 22.2. The number of hydrogen-bond donors (Lipinski definition) is 1. The topological polar surface area (TPSA) is 49.1 Å². The second-order valence-electron chi connectivity index (χ2n) is 9.17. The number of dihydropyridines is 1. The molecule has 1 N–H and O–H groups in total. The molecule has 3 nitrogen and oxygen atoms in total. The molecule has 0 spiro atoms. The van der Waals surface area contributed by atoms with Crippen molar-refractivity contribution in [3.8, 4) is 0 Å². The summed E-state index contributed by atoms with van der Waals surface area (Å²) in [7, 11) is 0. The van der Waals surface area contributed by atoms with Crippen molar-refractivity contribution in [3.05, 3.63) is 95.4 Å². The van der Waals surface area contributed by atoms with Gasteiger partial charge >= 0.3 is 0 Å². The number of benzene rings is 1. The molecular weight excluding hydrogens is 390 g/mol. The van der Waals surface area contributed by atoms with Crippen LogP contribution in [0.15, 0.2) is 83.5 Å². The van der Waals surface area contributed by atoms with Crippen LogP contribution in [0.4, 0.5) is 0 Å². The Morgan fingerprint density at radius 3 is 2.69 bits per heavy atom. The molecule has 0 radical (unpaired) electrons. The standard InChI is InChI=1S/C29H31N3/c30-16-6-2-3-8-21-12-14-22(15-13-21)25-18-24-19-27(23-9-4-1-5-10-23)26-11-7-17-31-29(26)28(24)32-20-25/h1,4-5,7,9-12,14,16-22,24,28,30H,2-3,6,8,13,15H2/t21-,22?,24?,28?/m0/s1. The fourth-order valence-corrected chi connectivity index (χ4v) is 5.31. The van der Waals surface area contributed by atoms with Gasteiger partial charge in [-0.15, -0.1) is 0 Å². The van der Waals surface area contributed by atoms with Crippen molar-refractivity contribution >= 4 is 18.0 Å². The summed E-state index contributed by atoms with van der Waals surface area (Å²) >= 11 is 0. The van der Waals surface area contributed by atoms with Crippen LogP contribution in [0.25, 0.3) is 5.57 Å². The van der Waals surface area contributed by atoms with E-state index in [1.807, 2.05) is 12.3 Å². The van der Waals surface area contributed by atoms with E-state index in [4.69, 9.17) is 15.4 Å². The Hall–Kier alpha value is -3.07. The summed E-state index contributed by atoms with van der Waals surface area (Å²) < 4.78 is 0. The zero-order valence-electron chi connectivity index (χ0n) is 18.5. The van der Waals surface area contributed by atoms with Gasteiger partial charge in [0.1, 0.15) is 6.04 Å². The van der Waals surface area contributed by atoms with Crippen molar-refractivity contribution in [3.63, 3.8) is 0 Å². The van der Waals surface area contributed by atoms with Gasteiger partial charge in [0.15, 0.2) is 0 Å². The largest absolute Gasteiger partial charge is 0.313 e. The van der Waals surface area contributed by atoms with Crippen LogP contribution in [0.1, 0.15) is 61.4 Å². The van der Waals surface area contributed by atoms with E-state index in [9.17, 15) is 0 Å². The minimum Gasteiger partial charge on any atom is -0.313 e. The molecule has 1 aliphatic heterocycles. The van der Waals surface area contributed by atoms with Crippen molar-refractivity contribution in [2.75, 3.05) is 0 Å². The van der Waals surface area contributed by atoms with Gasteiger partial charge in [0.25, 0.3) is 0 Å². The van der Waals surface area contributed by atoms with E-state index < -0.39 is 0 Å². The van der Waals surface area contributed by atoms with Gasteiger partial charge in [-0.05, 0) is 67.0 Å². The van der Waals surface area contributed by atoms with Crippen LogP contribution in [0, 0.1) is 23.2 Å². The molecule has 2 aromatic rings. The molecule has 32 heavy (non-hydrogen) atoms. The zero-order valence-corrected chi connectivity index (χ0v) is 18.5. The molecule has 162 valence electrons. The van der Waals surface area contributed by atoms with E-state index in [0.29, 0.717) is 11.8 Å². The van der Waals surface area contributed by atoms with Crippen molar-refractivity contribution in [1.82, 2.24) is 4.98 Å². The predicted molar refractivity (Wildman–Crippen MR) is 133 cm³/mol. The minimum absolute atomic E-state index is 0.0802. The van der Waals surface area contributed by atoms with Crippen molar-refractivity contribution < 1.29 is 0 Å². The van der Waals surface area contributed by atoms with E-state index >= 15 is 0 Å². The highest BCUT2D eigenvalue weighted by Crippen LogP contribution is 2.44. The van der Waals surface area contributed by atoms with Gasteiger partial charge in [0.2, 0.25) is 0 Å². The van der Waals surface area contributed by atoms with Gasteiger partial charge in [-0.1, -0.05) is 67.1 Å². The third-order valence-electron chi connectivity index (χ3n) is 7.05. The number of rotatable bonds is 7. The summed E-state index contributed by atoms with van der Waals surface area (Å²) in [5.41, 5.74) is 6.17. The van der Waals surface area contributed by atoms with Crippen LogP contribution in [-0.4, -0.2) is 17.4 Å². The number of nitrogens with zero attached hydrogens (tertiary/aromatic N) is 2. The first kappa shape index (κ1) is 20.8. The van der Waals surface area contributed by atoms with Gasteiger partial charge in [-0.25, -0.2) is 0 Å². The molecule has 0 fully saturated rings. The Labute approximate surface area is 191 Å². The summed E-state index contributed by atoms with van der Waals surface area (Å²) in [4.78, 5) is 9.77. The third-order valence-corrected chi connectivity index (χ3v) is 7.05. The lowest BCUT2D eigenvalue weighted by Crippen LogP contribution is -2.22. The van der Waals surface area contributed by atoms with Crippen LogP contribution < -0.4 is 0 Å². The minimum atomic E-state index is 0.0802. The number of hydrogen-bond acceptors (Lipinski definition) is 3. The smallest absolute Gasteiger partial charge is 0.102 e. The third kappa shape index (κ3) is 4.29. The van der Waals surface area contributed by atoms with E-state index in [2.05, 4.69) is 66.9 Å². The monoisotopic (exact) mass is 421 g/mol. The van der Waals surface area contributed by atoms with Crippen LogP contribution in [0.3, 0.4) is 0 Å². The Bertz CT molecular complexity index is 1080. The van der Waals surface area contributed by atoms with Crippen molar-refractivity contribution in [2.45, 2.75) is 44.6 Å². The summed E-state index contributed by atoms with van der Waals surface area (Å²) in [5, 5.41) is 7.17. The lowest BCUT2D eigenvalue weighted by atomic mass is 9.76. The molecule has 4 atom stereocenters. The molecule has 0 amide bonds. The number of unbranched alkanes of at least 4 members (excludes halogenated alkanes) is 2. The second kappa shape index (κ2) is 9.60. The first-order valence-electron chi connectivity index (χ1n) is 12.0. The highest BCUT2D eigenvalue weighted by molar-refractivity contribution is 5.86. The summed E-state index contributed by atoms with van der Waals surface area (Å²) in [6.45, 7) is 0. The number of aliphatic imine (C=N–C) groups is 1. The quantitative estimate of drug-likeness (QED) is 0.292. The average molecular weight is 422 g/mol. The Kier molecular flexibility index (Phi) is 6.24. The maximum atomic E-state index is 7.17. The lowest BCUT2D eigenvalue weighted by Gasteiger charge is -2.32. The molecule has 1 aromatic carbocycles. The predicted octanol–water partition coefficient (Wildman–Crippen LogP) is 6.99. The van der Waals surface area contributed by atoms with Crippen molar-refractivity contribution in [1.29, 1.82) is 5.41 Å². The van der Waals surface area contributed by atoms with E-state index in [-0.39, 0.29) is 12.0 Å². The first-order chi connectivity index (χ1) is 15.8. The van der Waals surface area contributed by atoms with Crippen LogP contribution in [-0.2, 0) is 0 Å². The lowest BCUT2D eigenvalue weighted by molar-refractivity contribution is 0.449. The fourth-order valence-electron chi connectivity index (χ4n) is 5.31. The number of nitrogens with one attached hydrogen (secondary N) is 1. The van der Waals surface area contributed by atoms with Crippen LogP contribution in [0.5, 0.6) is 0 Å². The summed E-state index contributed by atoms with van der Waals surface area (Å²) in [6, 6.07) is 14.9. The number of fused-ring (bicyclic) bond motifs is 3. The van der Waals surface area contributed by atoms with Crippen LogP contribution in [0.2, 0.25) is 0 Å². The number of aromatic nitrogens is 1. The molecule has 2 aliphatic carbocycles. The molecule has 1 aromatic heterocycles. The van der Waals surface area contributed by atoms with E-state index in [1.54, 1.807) is 0 Å². The Morgan fingerprint density at radius 2 is 1.88 bits per heavy atom. The molecule has 3 unspecified atom stereocenters. The van der Waals surface area contributed by atoms with Gasteiger partial charge in [0, 0.05) is 29.8 Å². The Morgan fingerprint density at radius 1 is 0.969 bits per heavy atom. The molecular formula is C29H31N3. The average Bonchev–Trinajstić information content (AvgIpc) is 2.87. The molecule has 3 heteroatoms. The van der Waals surface area contributed by atoms with Gasteiger partial charge in [0.05, 0.1) is 5.69 Å². The first-order valence-corrected chi connectivity index (χ1v) is 12.0. The fraction of sp³-hybridized carbons (Fsp3) is 0.345. The van der Waals surface area contributed by atoms with E-state index in [1.165, 1.54) is 54.2 Å².